The topological polar surface area (TPSA) is 119 Å². The van der Waals surface area contributed by atoms with Gasteiger partial charge in [0.15, 0.2) is 6.61 Å². The first-order valence-corrected chi connectivity index (χ1v) is 11.9. The van der Waals surface area contributed by atoms with Crippen molar-refractivity contribution in [2.24, 2.45) is 0 Å². The van der Waals surface area contributed by atoms with Gasteiger partial charge in [0.1, 0.15) is 11.9 Å². The summed E-state index contributed by atoms with van der Waals surface area (Å²) in [4.78, 5) is 21.7. The highest BCUT2D eigenvalue weighted by Gasteiger charge is 2.14. The number of hydrogen-bond donors (Lipinski definition) is 2. The van der Waals surface area contributed by atoms with E-state index in [9.17, 15) is 18.0 Å². The van der Waals surface area contributed by atoms with Gasteiger partial charge >= 0.3 is 11.9 Å². The summed E-state index contributed by atoms with van der Waals surface area (Å²) in [6.45, 7) is 3.23. The van der Waals surface area contributed by atoms with Gasteiger partial charge in [-0.3, -0.25) is 4.79 Å². The van der Waals surface area contributed by atoms with E-state index in [1.807, 2.05) is 0 Å². The molecule has 1 aromatic carbocycles. The smallest absolute Gasteiger partial charge is 0.341 e. The summed E-state index contributed by atoms with van der Waals surface area (Å²) < 4.78 is 37.3. The first-order chi connectivity index (χ1) is 14.2. The number of aliphatic carboxylic acids is 1. The molecule has 0 aromatic heterocycles. The molecule has 0 aliphatic heterocycles. The Morgan fingerprint density at radius 2 is 1.70 bits per heavy atom. The van der Waals surface area contributed by atoms with Crippen molar-refractivity contribution < 1.29 is 32.6 Å². The lowest BCUT2D eigenvalue weighted by molar-refractivity contribution is -0.147. The largest absolute Gasteiger partial charge is 0.482 e. The molecule has 1 unspecified atom stereocenters. The number of carboxylic acids is 1. The zero-order valence-electron chi connectivity index (χ0n) is 17.8. The number of hydrogen-bond acceptors (Lipinski definition) is 6. The lowest BCUT2D eigenvalue weighted by Crippen LogP contribution is -2.26. The van der Waals surface area contributed by atoms with Crippen molar-refractivity contribution in [1.82, 2.24) is 4.72 Å². The van der Waals surface area contributed by atoms with Crippen LogP contribution in [0.4, 0.5) is 0 Å². The number of rotatable bonds is 16. The van der Waals surface area contributed by atoms with E-state index in [1.54, 1.807) is 24.3 Å². The summed E-state index contributed by atoms with van der Waals surface area (Å²) in [5.74, 6) is -0.948. The van der Waals surface area contributed by atoms with Crippen molar-refractivity contribution in [2.75, 3.05) is 12.4 Å². The molecule has 30 heavy (non-hydrogen) atoms. The molecular weight excluding hydrogens is 410 g/mol. The van der Waals surface area contributed by atoms with E-state index in [0.29, 0.717) is 25.0 Å². The Bertz CT molecular complexity index is 747. The second-order valence-corrected chi connectivity index (χ2v) is 9.12. The van der Waals surface area contributed by atoms with Crippen molar-refractivity contribution in [1.29, 1.82) is 0 Å². The molecule has 0 heterocycles. The first-order valence-electron chi connectivity index (χ1n) is 10.3. The van der Waals surface area contributed by atoms with Gasteiger partial charge in [-0.25, -0.2) is 17.9 Å². The molecule has 0 amide bonds. The van der Waals surface area contributed by atoms with Crippen LogP contribution in [0.25, 0.3) is 0 Å². The van der Waals surface area contributed by atoms with Crippen molar-refractivity contribution >= 4 is 22.0 Å². The maximum Gasteiger partial charge on any atom is 0.341 e. The highest BCUT2D eigenvalue weighted by Crippen LogP contribution is 2.15. The SMILES string of the molecule is CCCCCC(CCCCS(=O)(=O)NCc1ccc(OCC(=O)O)cc1)OC(C)=O. The van der Waals surface area contributed by atoms with E-state index in [2.05, 4.69) is 11.6 Å². The summed E-state index contributed by atoms with van der Waals surface area (Å²) in [6.07, 6.45) is 5.66. The van der Waals surface area contributed by atoms with Gasteiger partial charge in [0.25, 0.3) is 0 Å². The highest BCUT2D eigenvalue weighted by atomic mass is 32.2. The molecule has 1 rings (SSSR count). The van der Waals surface area contributed by atoms with Gasteiger partial charge in [0, 0.05) is 13.5 Å². The monoisotopic (exact) mass is 443 g/mol. The fourth-order valence-electron chi connectivity index (χ4n) is 2.90. The van der Waals surface area contributed by atoms with Crippen LogP contribution in [-0.2, 0) is 30.9 Å². The number of benzene rings is 1. The van der Waals surface area contributed by atoms with Crippen LogP contribution < -0.4 is 9.46 Å². The normalized spacial score (nSPS) is 12.3. The van der Waals surface area contributed by atoms with E-state index in [1.165, 1.54) is 6.92 Å². The lowest BCUT2D eigenvalue weighted by Gasteiger charge is -2.17. The molecule has 0 saturated heterocycles. The third kappa shape index (κ3) is 12.4. The van der Waals surface area contributed by atoms with Gasteiger partial charge < -0.3 is 14.6 Å². The van der Waals surface area contributed by atoms with Crippen LogP contribution in [0, 0.1) is 0 Å². The van der Waals surface area contributed by atoms with E-state index >= 15 is 0 Å². The molecule has 1 atom stereocenters. The molecule has 0 fully saturated rings. The molecule has 170 valence electrons. The third-order valence-electron chi connectivity index (χ3n) is 4.43. The second kappa shape index (κ2) is 14.0. The maximum atomic E-state index is 12.2. The Kier molecular flexibility index (Phi) is 12.1. The molecule has 1 aromatic rings. The summed E-state index contributed by atoms with van der Waals surface area (Å²) >= 11 is 0. The minimum absolute atomic E-state index is 0.00849. The highest BCUT2D eigenvalue weighted by molar-refractivity contribution is 7.89. The Morgan fingerprint density at radius 3 is 2.27 bits per heavy atom. The van der Waals surface area contributed by atoms with E-state index in [4.69, 9.17) is 14.6 Å². The molecule has 0 spiro atoms. The second-order valence-electron chi connectivity index (χ2n) is 7.19. The molecule has 0 aliphatic carbocycles. The number of nitrogens with one attached hydrogen (secondary N) is 1. The van der Waals surface area contributed by atoms with Crippen LogP contribution in [0.1, 0.15) is 64.4 Å². The van der Waals surface area contributed by atoms with Crippen LogP contribution in [-0.4, -0.2) is 43.9 Å². The Hall–Kier alpha value is -2.13. The predicted molar refractivity (Wildman–Crippen MR) is 114 cm³/mol. The number of carboxylic acid groups (broad SMARTS) is 1. The first kappa shape index (κ1) is 25.9. The minimum Gasteiger partial charge on any atom is -0.482 e. The van der Waals surface area contributed by atoms with Crippen molar-refractivity contribution in [3.8, 4) is 5.75 Å². The lowest BCUT2D eigenvalue weighted by atomic mass is 10.1. The molecule has 0 bridgehead atoms. The van der Waals surface area contributed by atoms with E-state index in [-0.39, 0.29) is 24.4 Å². The zero-order valence-corrected chi connectivity index (χ0v) is 18.6. The molecule has 0 radical (unpaired) electrons. The minimum atomic E-state index is -3.42. The molecule has 8 nitrogen and oxygen atoms in total. The van der Waals surface area contributed by atoms with Crippen LogP contribution in [0.3, 0.4) is 0 Å². The number of unbranched alkanes of at least 4 members (excludes halogenated alkanes) is 3. The fourth-order valence-corrected chi connectivity index (χ4v) is 4.01. The average molecular weight is 444 g/mol. The quantitative estimate of drug-likeness (QED) is 0.297. The van der Waals surface area contributed by atoms with Gasteiger partial charge in [-0.1, -0.05) is 31.9 Å². The maximum absolute atomic E-state index is 12.2. The zero-order chi connectivity index (χ0) is 22.4. The Balaban J connectivity index is 2.35. The van der Waals surface area contributed by atoms with Gasteiger partial charge in [-0.15, -0.1) is 0 Å². The van der Waals surface area contributed by atoms with Crippen LogP contribution in [0.5, 0.6) is 5.75 Å². The summed E-state index contributed by atoms with van der Waals surface area (Å²) in [5, 5.41) is 8.59. The van der Waals surface area contributed by atoms with Crippen LogP contribution in [0.2, 0.25) is 0 Å². The summed E-state index contributed by atoms with van der Waals surface area (Å²) in [7, 11) is -3.42. The van der Waals surface area contributed by atoms with Gasteiger partial charge in [-0.2, -0.15) is 0 Å². The molecule has 0 saturated carbocycles. The van der Waals surface area contributed by atoms with E-state index < -0.39 is 22.6 Å². The third-order valence-corrected chi connectivity index (χ3v) is 5.84. The summed E-state index contributed by atoms with van der Waals surface area (Å²) in [6, 6.07) is 6.56. The molecular formula is C21H33NO7S. The molecule has 0 aliphatic rings. The van der Waals surface area contributed by atoms with Crippen LogP contribution >= 0.6 is 0 Å². The number of ether oxygens (including phenoxy) is 2. The standard InChI is InChI=1S/C21H33NO7S/c1-3-4-5-8-20(29-17(2)23)9-6-7-14-30(26,27)22-15-18-10-12-19(13-11-18)28-16-21(24)25/h10-13,20,22H,3-9,14-16H2,1-2H3,(H,24,25). The van der Waals surface area contributed by atoms with Gasteiger partial charge in [0.2, 0.25) is 10.0 Å². The molecule has 9 heteroatoms. The molecule has 2 N–H and O–H groups in total. The van der Waals surface area contributed by atoms with Crippen molar-refractivity contribution in [3.63, 3.8) is 0 Å². The van der Waals surface area contributed by atoms with Gasteiger partial charge in [-0.05, 0) is 49.8 Å². The van der Waals surface area contributed by atoms with Gasteiger partial charge in [0.05, 0.1) is 5.75 Å². The Labute approximate surface area is 179 Å². The predicted octanol–water partition coefficient (Wildman–Crippen LogP) is 3.25. The number of sulfonamides is 1. The summed E-state index contributed by atoms with van der Waals surface area (Å²) in [5.41, 5.74) is 0.743. The number of carbonyl (C=O) groups is 2. The number of esters is 1. The Morgan fingerprint density at radius 1 is 1.07 bits per heavy atom. The number of carbonyl (C=O) groups excluding carboxylic acids is 1. The van der Waals surface area contributed by atoms with Crippen molar-refractivity contribution in [3.05, 3.63) is 29.8 Å². The fraction of sp³-hybridized carbons (Fsp3) is 0.619. The van der Waals surface area contributed by atoms with Crippen LogP contribution in [0.15, 0.2) is 24.3 Å². The van der Waals surface area contributed by atoms with Crippen molar-refractivity contribution in [2.45, 2.75) is 71.4 Å². The average Bonchev–Trinajstić information content (AvgIpc) is 2.68. The van der Waals surface area contributed by atoms with E-state index in [0.717, 1.165) is 31.2 Å².